The first kappa shape index (κ1) is 14.5. The van der Waals surface area contributed by atoms with Gasteiger partial charge in [-0.2, -0.15) is 0 Å². The molecule has 0 fully saturated rings. The Morgan fingerprint density at radius 1 is 1.07 bits per heavy atom. The van der Waals surface area contributed by atoms with Crippen LogP contribution in [0, 0.1) is 5.92 Å². The molecule has 0 radical (unpaired) electrons. The highest BCUT2D eigenvalue weighted by Gasteiger charge is 2.17. The molecule has 0 aliphatic heterocycles. The maximum Gasteiger partial charge on any atom is 0.225 e. The Labute approximate surface area is 95.0 Å². The summed E-state index contributed by atoms with van der Waals surface area (Å²) in [7, 11) is 0. The zero-order valence-corrected chi connectivity index (χ0v) is 10.9. The maximum atomic E-state index is 12.0. The van der Waals surface area contributed by atoms with Crippen LogP contribution in [-0.4, -0.2) is 23.9 Å². The van der Waals surface area contributed by atoms with Gasteiger partial charge in [0, 0.05) is 19.0 Å². The number of rotatable bonds is 8. The normalized spacial score (nSPS) is 12.5. The van der Waals surface area contributed by atoms with Gasteiger partial charge >= 0.3 is 0 Å². The number of hydrogen-bond acceptors (Lipinski definition) is 1. The summed E-state index contributed by atoms with van der Waals surface area (Å²) in [6.07, 6.45) is 5.54. The van der Waals surface area contributed by atoms with E-state index < -0.39 is 0 Å². The van der Waals surface area contributed by atoms with Gasteiger partial charge in [0.2, 0.25) is 5.91 Å². The van der Waals surface area contributed by atoms with Crippen molar-refractivity contribution in [1.29, 1.82) is 0 Å². The molecule has 1 amide bonds. The zero-order valence-electron chi connectivity index (χ0n) is 10.9. The molecule has 1 atom stereocenters. The molecule has 0 aliphatic carbocycles. The Hall–Kier alpha value is -0.530. The van der Waals surface area contributed by atoms with Crippen molar-refractivity contribution in [2.45, 2.75) is 59.8 Å². The summed E-state index contributed by atoms with van der Waals surface area (Å²) in [6, 6.07) is 0. The molecule has 0 saturated carbocycles. The number of hydrogen-bond donors (Lipinski definition) is 0. The van der Waals surface area contributed by atoms with E-state index in [1.807, 2.05) is 6.92 Å². The molecule has 15 heavy (non-hydrogen) atoms. The molecule has 0 heterocycles. The zero-order chi connectivity index (χ0) is 11.7. The summed E-state index contributed by atoms with van der Waals surface area (Å²) in [4.78, 5) is 14.1. The minimum Gasteiger partial charge on any atom is -0.342 e. The van der Waals surface area contributed by atoms with Crippen molar-refractivity contribution in [3.05, 3.63) is 0 Å². The SMILES string of the molecule is CCCCN(CCCC)C(=O)C(C)CC. The van der Waals surface area contributed by atoms with Crippen LogP contribution in [0.4, 0.5) is 0 Å². The Morgan fingerprint density at radius 3 is 1.87 bits per heavy atom. The van der Waals surface area contributed by atoms with Gasteiger partial charge in [0.25, 0.3) is 0 Å². The van der Waals surface area contributed by atoms with Crippen LogP contribution in [-0.2, 0) is 4.79 Å². The monoisotopic (exact) mass is 213 g/mol. The second kappa shape index (κ2) is 8.75. The molecule has 2 nitrogen and oxygen atoms in total. The van der Waals surface area contributed by atoms with Crippen molar-refractivity contribution >= 4 is 5.91 Å². The third-order valence-electron chi connectivity index (χ3n) is 2.91. The first-order valence-electron chi connectivity index (χ1n) is 6.46. The molecule has 0 aliphatic rings. The second-order valence-corrected chi connectivity index (χ2v) is 4.34. The molecule has 0 spiro atoms. The average Bonchev–Trinajstić information content (AvgIpc) is 2.27. The highest BCUT2D eigenvalue weighted by Crippen LogP contribution is 2.09. The van der Waals surface area contributed by atoms with E-state index in [-0.39, 0.29) is 5.92 Å². The van der Waals surface area contributed by atoms with Gasteiger partial charge in [-0.3, -0.25) is 4.79 Å². The Kier molecular flexibility index (Phi) is 8.44. The van der Waals surface area contributed by atoms with Crippen LogP contribution in [0.15, 0.2) is 0 Å². The third-order valence-corrected chi connectivity index (χ3v) is 2.91. The summed E-state index contributed by atoms with van der Waals surface area (Å²) in [6.45, 7) is 10.4. The number of unbranched alkanes of at least 4 members (excludes halogenated alkanes) is 2. The highest BCUT2D eigenvalue weighted by molar-refractivity contribution is 5.78. The van der Waals surface area contributed by atoms with Gasteiger partial charge in [-0.15, -0.1) is 0 Å². The molecular formula is C13H27NO. The van der Waals surface area contributed by atoms with Crippen LogP contribution in [0.25, 0.3) is 0 Å². The van der Waals surface area contributed by atoms with E-state index in [0.29, 0.717) is 5.91 Å². The van der Waals surface area contributed by atoms with E-state index in [4.69, 9.17) is 0 Å². The first-order valence-corrected chi connectivity index (χ1v) is 6.46. The number of amides is 1. The Morgan fingerprint density at radius 2 is 1.53 bits per heavy atom. The van der Waals surface area contributed by atoms with Crippen LogP contribution in [0.3, 0.4) is 0 Å². The molecule has 0 rings (SSSR count). The topological polar surface area (TPSA) is 20.3 Å². The van der Waals surface area contributed by atoms with Gasteiger partial charge in [-0.1, -0.05) is 40.5 Å². The summed E-state index contributed by atoms with van der Waals surface area (Å²) in [5, 5.41) is 0. The molecule has 0 bridgehead atoms. The molecular weight excluding hydrogens is 186 g/mol. The average molecular weight is 213 g/mol. The quantitative estimate of drug-likeness (QED) is 0.604. The van der Waals surface area contributed by atoms with Crippen LogP contribution in [0.1, 0.15) is 59.8 Å². The van der Waals surface area contributed by atoms with E-state index in [0.717, 1.165) is 45.2 Å². The lowest BCUT2D eigenvalue weighted by Crippen LogP contribution is -2.36. The molecule has 0 N–H and O–H groups in total. The Bertz CT molecular complexity index is 160. The van der Waals surface area contributed by atoms with E-state index in [2.05, 4.69) is 25.7 Å². The minimum atomic E-state index is 0.193. The molecule has 0 saturated heterocycles. The predicted molar refractivity (Wildman–Crippen MR) is 65.9 cm³/mol. The van der Waals surface area contributed by atoms with Crippen molar-refractivity contribution in [2.75, 3.05) is 13.1 Å². The molecule has 1 unspecified atom stereocenters. The molecule has 0 aromatic carbocycles. The van der Waals surface area contributed by atoms with Crippen molar-refractivity contribution in [3.8, 4) is 0 Å². The minimum absolute atomic E-state index is 0.193. The summed E-state index contributed by atoms with van der Waals surface area (Å²) in [5.41, 5.74) is 0. The maximum absolute atomic E-state index is 12.0. The summed E-state index contributed by atoms with van der Waals surface area (Å²) in [5.74, 6) is 0.540. The lowest BCUT2D eigenvalue weighted by atomic mass is 10.1. The van der Waals surface area contributed by atoms with Gasteiger partial charge in [-0.25, -0.2) is 0 Å². The molecule has 2 heteroatoms. The first-order chi connectivity index (χ1) is 7.17. The van der Waals surface area contributed by atoms with E-state index in [1.165, 1.54) is 0 Å². The van der Waals surface area contributed by atoms with Crippen molar-refractivity contribution < 1.29 is 4.79 Å². The van der Waals surface area contributed by atoms with Gasteiger partial charge in [0.1, 0.15) is 0 Å². The predicted octanol–water partition coefficient (Wildman–Crippen LogP) is 3.46. The largest absolute Gasteiger partial charge is 0.342 e. The van der Waals surface area contributed by atoms with Crippen LogP contribution in [0.2, 0.25) is 0 Å². The molecule has 0 aromatic heterocycles. The van der Waals surface area contributed by atoms with Gasteiger partial charge in [0.15, 0.2) is 0 Å². The van der Waals surface area contributed by atoms with Crippen molar-refractivity contribution in [1.82, 2.24) is 4.90 Å². The van der Waals surface area contributed by atoms with Crippen LogP contribution in [0.5, 0.6) is 0 Å². The summed E-state index contributed by atoms with van der Waals surface area (Å²) < 4.78 is 0. The van der Waals surface area contributed by atoms with Crippen LogP contribution >= 0.6 is 0 Å². The lowest BCUT2D eigenvalue weighted by Gasteiger charge is -2.25. The second-order valence-electron chi connectivity index (χ2n) is 4.34. The number of carbonyl (C=O) groups is 1. The van der Waals surface area contributed by atoms with Crippen molar-refractivity contribution in [3.63, 3.8) is 0 Å². The molecule has 0 aromatic rings. The highest BCUT2D eigenvalue weighted by atomic mass is 16.2. The van der Waals surface area contributed by atoms with Gasteiger partial charge in [-0.05, 0) is 19.3 Å². The standard InChI is InChI=1S/C13H27NO/c1-5-8-10-14(11-9-6-2)13(15)12(4)7-3/h12H,5-11H2,1-4H3. The van der Waals surface area contributed by atoms with Gasteiger partial charge < -0.3 is 4.90 Å². The number of carbonyl (C=O) groups excluding carboxylic acids is 1. The number of nitrogens with zero attached hydrogens (tertiary/aromatic N) is 1. The fourth-order valence-corrected chi connectivity index (χ4v) is 1.52. The Balaban J connectivity index is 4.13. The fraction of sp³-hybridized carbons (Fsp3) is 0.923. The summed E-state index contributed by atoms with van der Waals surface area (Å²) >= 11 is 0. The van der Waals surface area contributed by atoms with Crippen molar-refractivity contribution in [2.24, 2.45) is 5.92 Å². The smallest absolute Gasteiger partial charge is 0.225 e. The van der Waals surface area contributed by atoms with Gasteiger partial charge in [0.05, 0.1) is 0 Å². The lowest BCUT2D eigenvalue weighted by molar-refractivity contribution is -0.135. The van der Waals surface area contributed by atoms with E-state index >= 15 is 0 Å². The molecule has 90 valence electrons. The van der Waals surface area contributed by atoms with Crippen LogP contribution < -0.4 is 0 Å². The fourth-order valence-electron chi connectivity index (χ4n) is 1.52. The third kappa shape index (κ3) is 5.81. The van der Waals surface area contributed by atoms with E-state index in [1.54, 1.807) is 0 Å². The van der Waals surface area contributed by atoms with E-state index in [9.17, 15) is 4.79 Å².